The highest BCUT2D eigenvalue weighted by Gasteiger charge is 2.13. The Morgan fingerprint density at radius 1 is 1.05 bits per heavy atom. The largest absolute Gasteiger partial charge is 0.508 e. The molecule has 2 aromatic rings. The zero-order valence-corrected chi connectivity index (χ0v) is 12.5. The fraction of sp³-hybridized carbons (Fsp3) is 0.222. The number of nitrogens with one attached hydrogen (secondary N) is 1. The number of halogens is 1. The molecule has 0 bridgehead atoms. The van der Waals surface area contributed by atoms with Gasteiger partial charge in [-0.15, -0.1) is 12.3 Å². The van der Waals surface area contributed by atoms with Gasteiger partial charge in [0.25, 0.3) is 0 Å². The molecule has 0 heterocycles. The molecule has 2 rings (SSSR count). The van der Waals surface area contributed by atoms with Gasteiger partial charge in [-0.05, 0) is 48.4 Å². The molecular weight excluding hydrogens is 282 g/mol. The molecule has 2 aromatic carbocycles. The summed E-state index contributed by atoms with van der Waals surface area (Å²) in [6, 6.07) is 15.1. The molecule has 2 N–H and O–H groups in total. The number of unbranched alkanes of at least 4 members (excludes halogenated alkanes) is 1. The van der Waals surface area contributed by atoms with Crippen LogP contribution in [0.15, 0.2) is 48.5 Å². The molecule has 21 heavy (non-hydrogen) atoms. The summed E-state index contributed by atoms with van der Waals surface area (Å²) < 4.78 is 0. The van der Waals surface area contributed by atoms with Gasteiger partial charge in [0, 0.05) is 11.4 Å². The van der Waals surface area contributed by atoms with Crippen molar-refractivity contribution >= 4 is 11.6 Å². The summed E-state index contributed by atoms with van der Waals surface area (Å²) in [6.45, 7) is 0.832. The Morgan fingerprint density at radius 3 is 2.19 bits per heavy atom. The lowest BCUT2D eigenvalue weighted by atomic mass is 9.98. The molecule has 2 nitrogen and oxygen atoms in total. The van der Waals surface area contributed by atoms with Crippen molar-refractivity contribution in [2.45, 2.75) is 18.9 Å². The standard InChI is InChI=1S/C18H18ClNO/c1-2-3-4-13-20-18(14-5-9-16(19)10-6-14)15-7-11-17(21)12-8-15/h1,5-12,18,20-21H,3-4,13H2. The first-order valence-electron chi connectivity index (χ1n) is 6.92. The summed E-state index contributed by atoms with van der Waals surface area (Å²) in [4.78, 5) is 0. The van der Waals surface area contributed by atoms with Crippen LogP contribution in [0.5, 0.6) is 5.75 Å². The Balaban J connectivity index is 2.19. The summed E-state index contributed by atoms with van der Waals surface area (Å²) in [5, 5.41) is 13.7. The van der Waals surface area contributed by atoms with Gasteiger partial charge < -0.3 is 10.4 Å². The number of hydrogen-bond donors (Lipinski definition) is 2. The predicted molar refractivity (Wildman–Crippen MR) is 87.5 cm³/mol. The zero-order valence-electron chi connectivity index (χ0n) is 11.7. The zero-order chi connectivity index (χ0) is 15.1. The molecule has 0 aliphatic carbocycles. The van der Waals surface area contributed by atoms with E-state index >= 15 is 0 Å². The summed E-state index contributed by atoms with van der Waals surface area (Å²) in [7, 11) is 0. The molecule has 1 unspecified atom stereocenters. The Morgan fingerprint density at radius 2 is 1.62 bits per heavy atom. The Bertz CT molecular complexity index is 553. The molecule has 0 spiro atoms. The number of hydrogen-bond acceptors (Lipinski definition) is 2. The van der Waals surface area contributed by atoms with Gasteiger partial charge in [0.15, 0.2) is 0 Å². The van der Waals surface area contributed by atoms with Crippen molar-refractivity contribution in [1.29, 1.82) is 0 Å². The lowest BCUT2D eigenvalue weighted by molar-refractivity contribution is 0.474. The van der Waals surface area contributed by atoms with Crippen molar-refractivity contribution in [1.82, 2.24) is 5.32 Å². The van der Waals surface area contributed by atoms with Crippen molar-refractivity contribution in [2.24, 2.45) is 0 Å². The lowest BCUT2D eigenvalue weighted by Gasteiger charge is -2.20. The van der Waals surface area contributed by atoms with Crippen LogP contribution in [0.25, 0.3) is 0 Å². The van der Waals surface area contributed by atoms with Crippen LogP contribution in [-0.2, 0) is 0 Å². The fourth-order valence-electron chi connectivity index (χ4n) is 2.19. The van der Waals surface area contributed by atoms with E-state index in [0.717, 1.165) is 35.5 Å². The van der Waals surface area contributed by atoms with Crippen LogP contribution >= 0.6 is 11.6 Å². The van der Waals surface area contributed by atoms with E-state index < -0.39 is 0 Å². The van der Waals surface area contributed by atoms with Crippen LogP contribution in [0.4, 0.5) is 0 Å². The second kappa shape index (κ2) is 7.73. The SMILES string of the molecule is C#CCCCNC(c1ccc(O)cc1)c1ccc(Cl)cc1. The van der Waals surface area contributed by atoms with Crippen LogP contribution in [0.1, 0.15) is 30.0 Å². The third-order valence-electron chi connectivity index (χ3n) is 3.28. The number of benzene rings is 2. The molecule has 1 atom stereocenters. The average molecular weight is 300 g/mol. The summed E-state index contributed by atoms with van der Waals surface area (Å²) in [5.41, 5.74) is 2.22. The summed E-state index contributed by atoms with van der Waals surface area (Å²) in [6.07, 6.45) is 6.97. The van der Waals surface area contributed by atoms with E-state index in [1.54, 1.807) is 12.1 Å². The van der Waals surface area contributed by atoms with Gasteiger partial charge >= 0.3 is 0 Å². The number of rotatable bonds is 6. The first-order chi connectivity index (χ1) is 10.2. The highest BCUT2D eigenvalue weighted by atomic mass is 35.5. The minimum absolute atomic E-state index is 0.0561. The first kappa shape index (κ1) is 15.4. The summed E-state index contributed by atoms with van der Waals surface area (Å²) in [5.74, 6) is 2.91. The van der Waals surface area contributed by atoms with Crippen LogP contribution in [-0.4, -0.2) is 11.7 Å². The van der Waals surface area contributed by atoms with Crippen molar-refractivity contribution in [3.05, 3.63) is 64.7 Å². The maximum Gasteiger partial charge on any atom is 0.115 e. The highest BCUT2D eigenvalue weighted by molar-refractivity contribution is 6.30. The predicted octanol–water partition coefficient (Wildman–Crippen LogP) is 4.14. The minimum Gasteiger partial charge on any atom is -0.508 e. The maximum atomic E-state index is 9.43. The lowest BCUT2D eigenvalue weighted by Crippen LogP contribution is -2.23. The number of phenols is 1. The Labute approximate surface area is 130 Å². The molecule has 3 heteroatoms. The van der Waals surface area contributed by atoms with Crippen LogP contribution in [0, 0.1) is 12.3 Å². The number of phenolic OH excluding ortho intramolecular Hbond substituents is 1. The van der Waals surface area contributed by atoms with E-state index in [9.17, 15) is 5.11 Å². The third kappa shape index (κ3) is 4.53. The molecule has 0 radical (unpaired) electrons. The smallest absolute Gasteiger partial charge is 0.115 e. The second-order valence-electron chi connectivity index (χ2n) is 4.84. The third-order valence-corrected chi connectivity index (χ3v) is 3.53. The molecule has 0 amide bonds. The van der Waals surface area contributed by atoms with E-state index in [0.29, 0.717) is 0 Å². The van der Waals surface area contributed by atoms with E-state index in [4.69, 9.17) is 18.0 Å². The van der Waals surface area contributed by atoms with E-state index in [1.807, 2.05) is 36.4 Å². The van der Waals surface area contributed by atoms with Crippen LogP contribution < -0.4 is 5.32 Å². The van der Waals surface area contributed by atoms with Gasteiger partial charge in [-0.25, -0.2) is 0 Å². The average Bonchev–Trinajstić information content (AvgIpc) is 2.50. The molecule has 0 aromatic heterocycles. The van der Waals surface area contributed by atoms with Gasteiger partial charge in [-0.1, -0.05) is 35.9 Å². The van der Waals surface area contributed by atoms with Crippen LogP contribution in [0.3, 0.4) is 0 Å². The van der Waals surface area contributed by atoms with Crippen molar-refractivity contribution in [2.75, 3.05) is 6.54 Å². The minimum atomic E-state index is 0.0561. The molecule has 0 saturated heterocycles. The van der Waals surface area contributed by atoms with Gasteiger partial charge in [0.1, 0.15) is 5.75 Å². The monoisotopic (exact) mass is 299 g/mol. The van der Waals surface area contributed by atoms with Crippen molar-refractivity contribution in [3.63, 3.8) is 0 Å². The van der Waals surface area contributed by atoms with E-state index in [2.05, 4.69) is 11.2 Å². The first-order valence-corrected chi connectivity index (χ1v) is 7.30. The molecule has 0 saturated carbocycles. The number of terminal acetylenes is 1. The second-order valence-corrected chi connectivity index (χ2v) is 5.27. The van der Waals surface area contributed by atoms with Crippen molar-refractivity contribution in [3.8, 4) is 18.1 Å². The van der Waals surface area contributed by atoms with Crippen molar-refractivity contribution < 1.29 is 5.11 Å². The van der Waals surface area contributed by atoms with Gasteiger partial charge in [0.2, 0.25) is 0 Å². The van der Waals surface area contributed by atoms with E-state index in [1.165, 1.54) is 0 Å². The Kier molecular flexibility index (Phi) is 5.68. The normalized spacial score (nSPS) is 11.8. The molecular formula is C18H18ClNO. The van der Waals surface area contributed by atoms with Crippen LogP contribution in [0.2, 0.25) is 5.02 Å². The summed E-state index contributed by atoms with van der Waals surface area (Å²) >= 11 is 5.95. The molecule has 108 valence electrons. The molecule has 0 aliphatic heterocycles. The van der Waals surface area contributed by atoms with Gasteiger partial charge in [-0.3, -0.25) is 0 Å². The number of aromatic hydroxyl groups is 1. The highest BCUT2D eigenvalue weighted by Crippen LogP contribution is 2.25. The van der Waals surface area contributed by atoms with E-state index in [-0.39, 0.29) is 11.8 Å². The topological polar surface area (TPSA) is 32.3 Å². The van der Waals surface area contributed by atoms with Gasteiger partial charge in [-0.2, -0.15) is 0 Å². The quantitative estimate of drug-likeness (QED) is 0.621. The molecule has 0 aliphatic rings. The Hall–Kier alpha value is -1.95. The fourth-order valence-corrected chi connectivity index (χ4v) is 2.31. The maximum absolute atomic E-state index is 9.43. The molecule has 0 fully saturated rings. The van der Waals surface area contributed by atoms with Gasteiger partial charge in [0.05, 0.1) is 6.04 Å².